The first kappa shape index (κ1) is 30.5. The van der Waals surface area contributed by atoms with E-state index in [1.165, 1.54) is 83.5 Å². The SMILES string of the molecule is CCCCCCCCCCCCCCCCc1cnc(=O)[nH]c1N.OC[C@H]1OC(O)[C@@H](O)[C@@H]1O. The van der Waals surface area contributed by atoms with Gasteiger partial charge in [0.2, 0.25) is 0 Å². The Labute approximate surface area is 203 Å². The van der Waals surface area contributed by atoms with E-state index in [0.717, 1.165) is 18.4 Å². The van der Waals surface area contributed by atoms with Crippen LogP contribution in [0.1, 0.15) is 102 Å². The Morgan fingerprint density at radius 1 is 0.882 bits per heavy atom. The zero-order valence-corrected chi connectivity index (χ0v) is 20.8. The molecule has 1 aromatic rings. The van der Waals surface area contributed by atoms with Gasteiger partial charge < -0.3 is 30.9 Å². The molecule has 34 heavy (non-hydrogen) atoms. The van der Waals surface area contributed by atoms with E-state index in [0.29, 0.717) is 5.82 Å². The molecule has 0 amide bonds. The lowest BCUT2D eigenvalue weighted by atomic mass is 10.0. The predicted octanol–water partition coefficient (Wildman–Crippen LogP) is 2.79. The number of aliphatic hydroxyl groups excluding tert-OH is 4. The van der Waals surface area contributed by atoms with Crippen LogP contribution in [0.5, 0.6) is 0 Å². The average Bonchev–Trinajstić information content (AvgIpc) is 3.07. The van der Waals surface area contributed by atoms with Crippen LogP contribution in [0.25, 0.3) is 0 Å². The summed E-state index contributed by atoms with van der Waals surface area (Å²) in [7, 11) is 0. The summed E-state index contributed by atoms with van der Waals surface area (Å²) in [5, 5.41) is 35.0. The molecule has 9 nitrogen and oxygen atoms in total. The summed E-state index contributed by atoms with van der Waals surface area (Å²) in [4.78, 5) is 17.3. The Balaban J connectivity index is 0.000000479. The van der Waals surface area contributed by atoms with Crippen LogP contribution in [0.2, 0.25) is 0 Å². The summed E-state index contributed by atoms with van der Waals surface area (Å²) in [6.45, 7) is 1.87. The molecular weight excluding hydrogens is 438 g/mol. The van der Waals surface area contributed by atoms with Gasteiger partial charge in [-0.15, -0.1) is 0 Å². The van der Waals surface area contributed by atoms with Gasteiger partial charge in [-0.3, -0.25) is 4.98 Å². The Kier molecular flexibility index (Phi) is 16.8. The Morgan fingerprint density at radius 3 is 1.76 bits per heavy atom. The van der Waals surface area contributed by atoms with Crippen LogP contribution in [0.3, 0.4) is 0 Å². The molecule has 2 heterocycles. The second-order valence-corrected chi connectivity index (χ2v) is 9.20. The number of aliphatic hydroxyl groups is 4. The maximum Gasteiger partial charge on any atom is 0.346 e. The van der Waals surface area contributed by atoms with Crippen molar-refractivity contribution in [1.82, 2.24) is 9.97 Å². The van der Waals surface area contributed by atoms with E-state index < -0.39 is 31.2 Å². The van der Waals surface area contributed by atoms with Crippen LogP contribution < -0.4 is 11.4 Å². The smallest absolute Gasteiger partial charge is 0.346 e. The quantitative estimate of drug-likeness (QED) is 0.195. The minimum atomic E-state index is -1.38. The van der Waals surface area contributed by atoms with E-state index in [1.54, 1.807) is 6.20 Å². The van der Waals surface area contributed by atoms with E-state index in [9.17, 15) is 4.79 Å². The van der Waals surface area contributed by atoms with Crippen molar-refractivity contribution in [2.75, 3.05) is 12.3 Å². The third-order valence-electron chi connectivity index (χ3n) is 6.24. The Bertz CT molecular complexity index is 687. The highest BCUT2D eigenvalue weighted by Gasteiger charge is 2.41. The molecule has 1 aliphatic heterocycles. The van der Waals surface area contributed by atoms with Crippen molar-refractivity contribution < 1.29 is 25.2 Å². The van der Waals surface area contributed by atoms with Gasteiger partial charge in [-0.1, -0.05) is 90.4 Å². The highest BCUT2D eigenvalue weighted by Crippen LogP contribution is 2.18. The third kappa shape index (κ3) is 12.8. The molecule has 1 saturated heterocycles. The summed E-state index contributed by atoms with van der Waals surface area (Å²) in [6.07, 6.45) is 16.8. The number of unbranched alkanes of at least 4 members (excludes halogenated alkanes) is 13. The van der Waals surface area contributed by atoms with Gasteiger partial charge >= 0.3 is 5.69 Å². The van der Waals surface area contributed by atoms with E-state index in [-0.39, 0.29) is 5.69 Å². The van der Waals surface area contributed by atoms with Gasteiger partial charge in [-0.2, -0.15) is 0 Å². The van der Waals surface area contributed by atoms with E-state index >= 15 is 0 Å². The number of nitrogens with zero attached hydrogens (tertiary/aromatic N) is 1. The summed E-state index contributed by atoms with van der Waals surface area (Å²) >= 11 is 0. The monoisotopic (exact) mass is 485 g/mol. The lowest BCUT2D eigenvalue weighted by Crippen LogP contribution is -2.33. The van der Waals surface area contributed by atoms with Gasteiger partial charge in [-0.25, -0.2) is 9.78 Å². The molecule has 9 heteroatoms. The minimum absolute atomic E-state index is 0.364. The van der Waals surface area contributed by atoms with Gasteiger partial charge in [0.25, 0.3) is 0 Å². The number of hydrogen-bond donors (Lipinski definition) is 6. The first-order valence-corrected chi connectivity index (χ1v) is 13.0. The van der Waals surface area contributed by atoms with Crippen molar-refractivity contribution in [2.45, 2.75) is 128 Å². The molecule has 0 saturated carbocycles. The summed E-state index contributed by atoms with van der Waals surface area (Å²) in [5.74, 6) is 0.477. The van der Waals surface area contributed by atoms with Crippen LogP contribution in [-0.2, 0) is 11.2 Å². The normalized spacial score (nSPS) is 21.9. The molecule has 4 atom stereocenters. The zero-order valence-electron chi connectivity index (χ0n) is 20.8. The second-order valence-electron chi connectivity index (χ2n) is 9.20. The molecule has 0 aliphatic carbocycles. The largest absolute Gasteiger partial charge is 0.394 e. The van der Waals surface area contributed by atoms with Crippen LogP contribution in [-0.4, -0.2) is 61.6 Å². The van der Waals surface area contributed by atoms with Crippen molar-refractivity contribution in [3.63, 3.8) is 0 Å². The number of aromatic amines is 1. The van der Waals surface area contributed by atoms with Crippen molar-refractivity contribution in [1.29, 1.82) is 0 Å². The van der Waals surface area contributed by atoms with Crippen LogP contribution in [0.15, 0.2) is 11.0 Å². The lowest BCUT2D eigenvalue weighted by Gasteiger charge is -2.09. The molecule has 2 rings (SSSR count). The van der Waals surface area contributed by atoms with E-state index in [2.05, 4.69) is 21.6 Å². The number of ether oxygens (including phenoxy) is 1. The van der Waals surface area contributed by atoms with Gasteiger partial charge in [-0.05, 0) is 12.8 Å². The first-order chi connectivity index (χ1) is 16.4. The van der Waals surface area contributed by atoms with E-state index in [1.807, 2.05) is 0 Å². The fraction of sp³-hybridized carbons (Fsp3) is 0.840. The highest BCUT2D eigenvalue weighted by atomic mass is 16.6. The molecule has 1 aliphatic rings. The Hall–Kier alpha value is -1.52. The van der Waals surface area contributed by atoms with Crippen LogP contribution in [0.4, 0.5) is 5.82 Å². The number of nitrogens with one attached hydrogen (secondary N) is 1. The van der Waals surface area contributed by atoms with Crippen molar-refractivity contribution in [2.24, 2.45) is 0 Å². The zero-order chi connectivity index (χ0) is 25.2. The average molecular weight is 486 g/mol. The minimum Gasteiger partial charge on any atom is -0.394 e. The van der Waals surface area contributed by atoms with Crippen molar-refractivity contribution in [3.05, 3.63) is 22.2 Å². The molecule has 198 valence electrons. The number of nitrogens with two attached hydrogens (primary N) is 1. The molecule has 1 fully saturated rings. The topological polar surface area (TPSA) is 162 Å². The number of aryl methyl sites for hydroxylation is 1. The molecule has 0 spiro atoms. The fourth-order valence-corrected chi connectivity index (χ4v) is 4.02. The number of H-pyrrole nitrogens is 1. The van der Waals surface area contributed by atoms with Gasteiger partial charge in [0.1, 0.15) is 24.1 Å². The van der Waals surface area contributed by atoms with Crippen molar-refractivity contribution in [3.8, 4) is 0 Å². The molecule has 0 aromatic carbocycles. The number of nitrogen functional groups attached to an aromatic ring is 1. The molecule has 0 radical (unpaired) electrons. The molecule has 7 N–H and O–H groups in total. The number of hydrogen-bond acceptors (Lipinski definition) is 8. The summed E-state index contributed by atoms with van der Waals surface area (Å²) in [5.41, 5.74) is 6.38. The van der Waals surface area contributed by atoms with E-state index in [4.69, 9.17) is 26.2 Å². The second kappa shape index (κ2) is 18.8. The predicted molar refractivity (Wildman–Crippen MR) is 133 cm³/mol. The maximum absolute atomic E-state index is 11.0. The maximum atomic E-state index is 11.0. The molecule has 1 unspecified atom stereocenters. The highest BCUT2D eigenvalue weighted by molar-refractivity contribution is 5.36. The lowest BCUT2D eigenvalue weighted by molar-refractivity contribution is -0.132. The standard InChI is InChI=1S/C20H37N3O.C5H10O5/c1-2-3-4-5-6-7-8-9-10-11-12-13-14-15-16-18-17-22-20(24)23-19(18)21;6-1-2-3(7)4(8)5(9)10-2/h17H,2-16H2,1H3,(H3,21,22,23,24);2-9H,1H2/t;2-,3-,4+,5?/m.1/s1. The first-order valence-electron chi connectivity index (χ1n) is 13.0. The third-order valence-corrected chi connectivity index (χ3v) is 6.24. The Morgan fingerprint density at radius 2 is 1.38 bits per heavy atom. The fourth-order valence-electron chi connectivity index (χ4n) is 4.02. The number of anilines is 1. The summed E-state index contributed by atoms with van der Waals surface area (Å²) < 4.78 is 4.54. The van der Waals surface area contributed by atoms with Crippen LogP contribution in [0, 0.1) is 0 Å². The van der Waals surface area contributed by atoms with Gasteiger partial charge in [0.05, 0.1) is 6.61 Å². The summed E-state index contributed by atoms with van der Waals surface area (Å²) in [6, 6.07) is 0. The molecular formula is C25H47N3O6. The molecule has 1 aromatic heterocycles. The molecule has 0 bridgehead atoms. The number of rotatable bonds is 16. The van der Waals surface area contributed by atoms with Gasteiger partial charge in [0, 0.05) is 11.8 Å². The van der Waals surface area contributed by atoms with Crippen molar-refractivity contribution >= 4 is 5.82 Å². The number of aromatic nitrogens is 2. The van der Waals surface area contributed by atoms with Crippen LogP contribution >= 0.6 is 0 Å². The van der Waals surface area contributed by atoms with Gasteiger partial charge in [0.15, 0.2) is 6.29 Å².